The normalized spacial score (nSPS) is 17.9. The van der Waals surface area contributed by atoms with E-state index in [1.165, 1.54) is 25.7 Å². The maximum absolute atomic E-state index is 9.89. The first-order valence-electron chi connectivity index (χ1n) is 6.90. The van der Waals surface area contributed by atoms with E-state index in [-0.39, 0.29) is 0 Å². The number of ether oxygens (including phenoxy) is 1. The summed E-state index contributed by atoms with van der Waals surface area (Å²) in [5.74, 6) is 1.57. The summed E-state index contributed by atoms with van der Waals surface area (Å²) < 4.78 is 5.82. The molecule has 1 atom stereocenters. The van der Waals surface area contributed by atoms with Crippen molar-refractivity contribution in [1.29, 1.82) is 0 Å². The zero-order chi connectivity index (χ0) is 12.8. The van der Waals surface area contributed by atoms with Gasteiger partial charge in [-0.2, -0.15) is 0 Å². The lowest BCUT2D eigenvalue weighted by atomic mass is 10.1. The summed E-state index contributed by atoms with van der Waals surface area (Å²) in [6.07, 6.45) is 5.36. The van der Waals surface area contributed by atoms with Crippen LogP contribution in [0.2, 0.25) is 0 Å². The molecule has 0 spiro atoms. The van der Waals surface area contributed by atoms with Gasteiger partial charge in [0, 0.05) is 0 Å². The van der Waals surface area contributed by atoms with Crippen LogP contribution in [0.3, 0.4) is 0 Å². The zero-order valence-corrected chi connectivity index (χ0v) is 10.8. The van der Waals surface area contributed by atoms with Gasteiger partial charge in [0.05, 0.1) is 12.7 Å². The molecule has 1 saturated carbocycles. The molecule has 0 amide bonds. The van der Waals surface area contributed by atoms with Crippen molar-refractivity contribution in [3.05, 3.63) is 29.8 Å². The number of aliphatic hydroxyl groups is 1. The van der Waals surface area contributed by atoms with Gasteiger partial charge in [0.25, 0.3) is 0 Å². The van der Waals surface area contributed by atoms with Crippen LogP contribution in [-0.4, -0.2) is 18.3 Å². The topological polar surface area (TPSA) is 55.5 Å². The van der Waals surface area contributed by atoms with Crippen molar-refractivity contribution in [3.8, 4) is 5.75 Å². The minimum absolute atomic E-state index is 0.481. The molecule has 3 nitrogen and oxygen atoms in total. The van der Waals surface area contributed by atoms with Gasteiger partial charge in [-0.25, -0.2) is 0 Å². The standard InChI is InChI=1S/C15H23NO2/c16-9-8-15(17)13-6-3-7-14(10-13)18-11-12-4-1-2-5-12/h3,6-7,10,12,15,17H,1-2,4-5,8-9,11,16H2/t15-/m1/s1. The smallest absolute Gasteiger partial charge is 0.119 e. The number of rotatable bonds is 6. The van der Waals surface area contributed by atoms with Crippen molar-refractivity contribution in [3.63, 3.8) is 0 Å². The summed E-state index contributed by atoms with van der Waals surface area (Å²) in [5, 5.41) is 9.89. The molecule has 1 aromatic rings. The minimum Gasteiger partial charge on any atom is -0.493 e. The van der Waals surface area contributed by atoms with Crippen LogP contribution in [0.1, 0.15) is 43.8 Å². The van der Waals surface area contributed by atoms with Crippen LogP contribution in [0.4, 0.5) is 0 Å². The highest BCUT2D eigenvalue weighted by Crippen LogP contribution is 2.26. The van der Waals surface area contributed by atoms with Crippen molar-refractivity contribution < 1.29 is 9.84 Å². The van der Waals surface area contributed by atoms with Gasteiger partial charge < -0.3 is 15.6 Å². The molecule has 0 saturated heterocycles. The van der Waals surface area contributed by atoms with Gasteiger partial charge >= 0.3 is 0 Å². The van der Waals surface area contributed by atoms with Crippen LogP contribution in [0.25, 0.3) is 0 Å². The summed E-state index contributed by atoms with van der Waals surface area (Å²) in [7, 11) is 0. The molecule has 100 valence electrons. The van der Waals surface area contributed by atoms with Crippen molar-refractivity contribution in [2.24, 2.45) is 11.7 Å². The molecule has 0 aromatic heterocycles. The first-order chi connectivity index (χ1) is 8.79. The van der Waals surface area contributed by atoms with E-state index >= 15 is 0 Å². The summed E-state index contributed by atoms with van der Waals surface area (Å²) in [6, 6.07) is 7.73. The second-order valence-corrected chi connectivity index (χ2v) is 5.13. The van der Waals surface area contributed by atoms with Crippen LogP contribution in [0.5, 0.6) is 5.75 Å². The van der Waals surface area contributed by atoms with Gasteiger partial charge in [0.15, 0.2) is 0 Å². The van der Waals surface area contributed by atoms with E-state index in [1.807, 2.05) is 24.3 Å². The van der Waals surface area contributed by atoms with Gasteiger partial charge in [-0.1, -0.05) is 25.0 Å². The van der Waals surface area contributed by atoms with Crippen LogP contribution >= 0.6 is 0 Å². The predicted molar refractivity (Wildman–Crippen MR) is 72.5 cm³/mol. The van der Waals surface area contributed by atoms with Gasteiger partial charge in [-0.3, -0.25) is 0 Å². The summed E-state index contributed by atoms with van der Waals surface area (Å²) in [5.41, 5.74) is 6.35. The number of hydrogen-bond acceptors (Lipinski definition) is 3. The Balaban J connectivity index is 1.89. The summed E-state index contributed by atoms with van der Waals surface area (Å²) in [4.78, 5) is 0. The van der Waals surface area contributed by atoms with Crippen molar-refractivity contribution in [2.75, 3.05) is 13.2 Å². The maximum Gasteiger partial charge on any atom is 0.119 e. The van der Waals surface area contributed by atoms with Crippen LogP contribution < -0.4 is 10.5 Å². The van der Waals surface area contributed by atoms with Crippen molar-refractivity contribution >= 4 is 0 Å². The number of aliphatic hydroxyl groups excluding tert-OH is 1. The Hall–Kier alpha value is -1.06. The van der Waals surface area contributed by atoms with E-state index in [1.54, 1.807) is 0 Å². The van der Waals surface area contributed by atoms with E-state index in [0.29, 0.717) is 18.9 Å². The molecule has 3 heteroatoms. The summed E-state index contributed by atoms with van der Waals surface area (Å²) >= 11 is 0. The number of hydrogen-bond donors (Lipinski definition) is 2. The molecule has 2 rings (SSSR count). The van der Waals surface area contributed by atoms with Crippen molar-refractivity contribution in [1.82, 2.24) is 0 Å². The fourth-order valence-corrected chi connectivity index (χ4v) is 2.53. The molecule has 3 N–H and O–H groups in total. The molecule has 0 aliphatic heterocycles. The Kier molecular flexibility index (Phi) is 5.02. The van der Waals surface area contributed by atoms with Crippen LogP contribution in [0, 0.1) is 5.92 Å². The van der Waals surface area contributed by atoms with Gasteiger partial charge in [-0.05, 0) is 49.4 Å². The Morgan fingerprint density at radius 1 is 1.33 bits per heavy atom. The predicted octanol–water partition coefficient (Wildman–Crippen LogP) is 2.64. The first-order valence-corrected chi connectivity index (χ1v) is 6.90. The maximum atomic E-state index is 9.89. The third kappa shape index (κ3) is 3.72. The Morgan fingerprint density at radius 2 is 2.11 bits per heavy atom. The van der Waals surface area contributed by atoms with Crippen LogP contribution in [0.15, 0.2) is 24.3 Å². The molecule has 1 aliphatic carbocycles. The van der Waals surface area contributed by atoms with Crippen LogP contribution in [-0.2, 0) is 0 Å². The van der Waals surface area contributed by atoms with E-state index in [9.17, 15) is 5.11 Å². The SMILES string of the molecule is NCC[C@@H](O)c1cccc(OCC2CCCC2)c1. The van der Waals surface area contributed by atoms with E-state index in [0.717, 1.165) is 17.9 Å². The highest BCUT2D eigenvalue weighted by atomic mass is 16.5. The highest BCUT2D eigenvalue weighted by molar-refractivity contribution is 5.29. The third-order valence-corrected chi connectivity index (χ3v) is 3.64. The lowest BCUT2D eigenvalue weighted by Crippen LogP contribution is -2.09. The second-order valence-electron chi connectivity index (χ2n) is 5.13. The lowest BCUT2D eigenvalue weighted by molar-refractivity contribution is 0.169. The first kappa shape index (κ1) is 13.4. The van der Waals surface area contributed by atoms with Gasteiger partial charge in [0.1, 0.15) is 5.75 Å². The average Bonchev–Trinajstić information content (AvgIpc) is 2.90. The molecule has 1 aromatic carbocycles. The average molecular weight is 249 g/mol. The molecule has 0 bridgehead atoms. The second kappa shape index (κ2) is 6.76. The molecule has 1 fully saturated rings. The zero-order valence-electron chi connectivity index (χ0n) is 10.8. The molecular weight excluding hydrogens is 226 g/mol. The van der Waals surface area contributed by atoms with Gasteiger partial charge in [0.2, 0.25) is 0 Å². The fraction of sp³-hybridized carbons (Fsp3) is 0.600. The van der Waals surface area contributed by atoms with E-state index in [2.05, 4.69) is 0 Å². The molecule has 1 aliphatic rings. The quantitative estimate of drug-likeness (QED) is 0.815. The largest absolute Gasteiger partial charge is 0.493 e. The molecule has 0 unspecified atom stereocenters. The Morgan fingerprint density at radius 3 is 2.83 bits per heavy atom. The number of benzene rings is 1. The monoisotopic (exact) mass is 249 g/mol. The molecule has 18 heavy (non-hydrogen) atoms. The number of nitrogens with two attached hydrogens (primary N) is 1. The highest BCUT2D eigenvalue weighted by Gasteiger charge is 2.15. The molecule has 0 radical (unpaired) electrons. The fourth-order valence-electron chi connectivity index (χ4n) is 2.53. The Labute approximate surface area is 109 Å². The molecular formula is C15H23NO2. The molecule has 0 heterocycles. The lowest BCUT2D eigenvalue weighted by Gasteiger charge is -2.14. The summed E-state index contributed by atoms with van der Waals surface area (Å²) in [6.45, 7) is 1.30. The van der Waals surface area contributed by atoms with Crippen molar-refractivity contribution in [2.45, 2.75) is 38.2 Å². The Bertz CT molecular complexity index is 361. The third-order valence-electron chi connectivity index (χ3n) is 3.64. The van der Waals surface area contributed by atoms with E-state index in [4.69, 9.17) is 10.5 Å². The van der Waals surface area contributed by atoms with E-state index < -0.39 is 6.10 Å². The minimum atomic E-state index is -0.481. The van der Waals surface area contributed by atoms with Gasteiger partial charge in [-0.15, -0.1) is 0 Å².